The Hall–Kier alpha value is -3.03. The Bertz CT molecular complexity index is 1630. The van der Waals surface area contributed by atoms with E-state index < -0.39 is 31.4 Å². The van der Waals surface area contributed by atoms with Gasteiger partial charge in [0, 0.05) is 30.3 Å². The molecule has 2 aromatic carbocycles. The van der Waals surface area contributed by atoms with Crippen molar-refractivity contribution in [3.63, 3.8) is 0 Å². The molecule has 0 amide bonds. The van der Waals surface area contributed by atoms with Crippen molar-refractivity contribution in [3.8, 4) is 16.9 Å². The molecule has 0 atom stereocenters. The molecule has 0 unspecified atom stereocenters. The third-order valence-corrected chi connectivity index (χ3v) is 10.5. The van der Waals surface area contributed by atoms with Crippen molar-refractivity contribution < 1.29 is 21.2 Å². The maximum absolute atomic E-state index is 15.3. The van der Waals surface area contributed by atoms with Gasteiger partial charge in [-0.2, -0.15) is 0 Å². The Labute approximate surface area is 235 Å². The molecule has 2 N–H and O–H groups in total. The van der Waals surface area contributed by atoms with Crippen LogP contribution in [0.4, 0.5) is 15.8 Å². The van der Waals surface area contributed by atoms with Crippen LogP contribution in [-0.2, 0) is 20.0 Å². The molecular weight excluding hydrogens is 555 g/mol. The van der Waals surface area contributed by atoms with Crippen LogP contribution in [0.1, 0.15) is 53.4 Å². The second-order valence-corrected chi connectivity index (χ2v) is 15.4. The first-order valence-electron chi connectivity index (χ1n) is 13.4. The highest BCUT2D eigenvalue weighted by Gasteiger charge is 2.44. The lowest BCUT2D eigenvalue weighted by Gasteiger charge is -2.35. The third kappa shape index (κ3) is 6.16. The Kier molecular flexibility index (Phi) is 7.20. The quantitative estimate of drug-likeness (QED) is 0.401. The number of anilines is 2. The van der Waals surface area contributed by atoms with Crippen molar-refractivity contribution in [3.05, 3.63) is 48.4 Å². The van der Waals surface area contributed by atoms with Crippen LogP contribution in [0.2, 0.25) is 0 Å². The smallest absolute Gasteiger partial charge is 0.241 e. The van der Waals surface area contributed by atoms with Crippen LogP contribution in [0, 0.1) is 11.2 Å². The van der Waals surface area contributed by atoms with E-state index in [0.29, 0.717) is 28.0 Å². The van der Waals surface area contributed by atoms with Crippen LogP contribution in [-0.4, -0.2) is 56.2 Å². The van der Waals surface area contributed by atoms with Crippen molar-refractivity contribution in [2.75, 3.05) is 28.5 Å². The normalized spacial score (nSPS) is 17.3. The van der Waals surface area contributed by atoms with E-state index in [9.17, 15) is 16.8 Å². The van der Waals surface area contributed by atoms with Gasteiger partial charge in [0.2, 0.25) is 20.0 Å². The largest absolute Gasteiger partial charge is 0.370 e. The van der Waals surface area contributed by atoms with E-state index in [1.54, 1.807) is 39.1 Å². The van der Waals surface area contributed by atoms with Gasteiger partial charge in [-0.3, -0.25) is 4.72 Å². The van der Waals surface area contributed by atoms with Crippen molar-refractivity contribution in [1.82, 2.24) is 19.7 Å². The molecule has 216 valence electrons. The maximum atomic E-state index is 15.3. The van der Waals surface area contributed by atoms with Gasteiger partial charge in [-0.05, 0) is 77.0 Å². The molecule has 1 spiro atoms. The number of nitrogens with zero attached hydrogens (tertiary/aromatic N) is 4. The molecule has 1 saturated carbocycles. The molecule has 0 radical (unpaired) electrons. The van der Waals surface area contributed by atoms with E-state index >= 15 is 4.39 Å². The summed E-state index contributed by atoms with van der Waals surface area (Å²) in [6.45, 7) is 8.32. The highest BCUT2D eigenvalue weighted by Crippen LogP contribution is 2.54. The van der Waals surface area contributed by atoms with E-state index in [2.05, 4.69) is 24.7 Å². The SMILES string of the molecule is CCS(=O)(=O)Nc1cc(N2CCC3(CC2)CC3)c(-n2cc(-c3cccc(S(=O)(=O)NC(C)(C)C)c3)nn2)cc1F. The minimum absolute atomic E-state index is 0.0936. The number of sulfonamides is 2. The van der Waals surface area contributed by atoms with Crippen LogP contribution in [0.15, 0.2) is 47.5 Å². The van der Waals surface area contributed by atoms with E-state index in [1.165, 1.54) is 48.7 Å². The summed E-state index contributed by atoms with van der Waals surface area (Å²) >= 11 is 0. The van der Waals surface area contributed by atoms with Gasteiger partial charge in [0.25, 0.3) is 0 Å². The highest BCUT2D eigenvalue weighted by atomic mass is 32.2. The number of nitrogens with one attached hydrogen (secondary N) is 2. The zero-order chi connectivity index (χ0) is 28.9. The first-order chi connectivity index (χ1) is 18.7. The second-order valence-electron chi connectivity index (χ2n) is 11.7. The zero-order valence-electron chi connectivity index (χ0n) is 23.1. The van der Waals surface area contributed by atoms with Gasteiger partial charge in [-0.25, -0.2) is 30.6 Å². The van der Waals surface area contributed by atoms with Crippen molar-refractivity contribution in [2.45, 2.75) is 63.8 Å². The van der Waals surface area contributed by atoms with Gasteiger partial charge in [0.15, 0.2) is 0 Å². The van der Waals surface area contributed by atoms with Crippen LogP contribution in [0.5, 0.6) is 0 Å². The summed E-state index contributed by atoms with van der Waals surface area (Å²) in [7, 11) is -7.45. The van der Waals surface area contributed by atoms with Gasteiger partial charge in [-0.15, -0.1) is 5.10 Å². The fourth-order valence-electron chi connectivity index (χ4n) is 5.00. The van der Waals surface area contributed by atoms with Crippen LogP contribution < -0.4 is 14.3 Å². The lowest BCUT2D eigenvalue weighted by Crippen LogP contribution is -2.40. The summed E-state index contributed by atoms with van der Waals surface area (Å²) in [5.74, 6) is -0.910. The summed E-state index contributed by atoms with van der Waals surface area (Å²) in [5.41, 5.74) is 1.66. The lowest BCUT2D eigenvalue weighted by atomic mass is 9.93. The van der Waals surface area contributed by atoms with E-state index in [1.807, 2.05) is 0 Å². The number of benzene rings is 2. The molecule has 2 fully saturated rings. The number of rotatable bonds is 8. The summed E-state index contributed by atoms with van der Waals surface area (Å²) in [6.07, 6.45) is 6.11. The number of halogens is 1. The minimum atomic E-state index is -3.76. The molecule has 2 aliphatic rings. The lowest BCUT2D eigenvalue weighted by molar-refractivity contribution is 0.384. The molecule has 1 aliphatic carbocycles. The monoisotopic (exact) mass is 590 g/mol. The van der Waals surface area contributed by atoms with Gasteiger partial charge in [-0.1, -0.05) is 17.3 Å². The van der Waals surface area contributed by atoms with E-state index in [4.69, 9.17) is 0 Å². The van der Waals surface area contributed by atoms with Crippen LogP contribution >= 0.6 is 0 Å². The van der Waals surface area contributed by atoms with Crippen LogP contribution in [0.3, 0.4) is 0 Å². The molecular formula is C27H35FN6O4S2. The molecule has 1 aromatic heterocycles. The Morgan fingerprint density at radius 3 is 2.33 bits per heavy atom. The van der Waals surface area contributed by atoms with Gasteiger partial charge in [0.1, 0.15) is 11.5 Å². The average Bonchev–Trinajstić information content (AvgIpc) is 3.44. The summed E-state index contributed by atoms with van der Waals surface area (Å²) in [5, 5.41) is 8.49. The fourth-order valence-corrected chi connectivity index (χ4v) is 7.10. The molecule has 0 bridgehead atoms. The van der Waals surface area contributed by atoms with Gasteiger partial charge in [0.05, 0.1) is 33.9 Å². The van der Waals surface area contributed by atoms with Crippen molar-refractivity contribution in [1.29, 1.82) is 0 Å². The molecule has 1 aliphatic heterocycles. The van der Waals surface area contributed by atoms with Gasteiger partial charge >= 0.3 is 0 Å². The number of aromatic nitrogens is 3. The molecule has 1 saturated heterocycles. The molecule has 5 rings (SSSR count). The van der Waals surface area contributed by atoms with E-state index in [0.717, 1.165) is 25.9 Å². The van der Waals surface area contributed by atoms with Crippen molar-refractivity contribution >= 4 is 31.4 Å². The number of hydrogen-bond donors (Lipinski definition) is 2. The molecule has 3 aromatic rings. The second kappa shape index (κ2) is 10.1. The first kappa shape index (κ1) is 28.5. The average molecular weight is 591 g/mol. The van der Waals surface area contributed by atoms with Gasteiger partial charge < -0.3 is 4.90 Å². The molecule has 2 heterocycles. The Morgan fingerprint density at radius 2 is 1.70 bits per heavy atom. The zero-order valence-corrected chi connectivity index (χ0v) is 24.7. The maximum Gasteiger partial charge on any atom is 0.241 e. The third-order valence-electron chi connectivity index (χ3n) is 7.45. The summed E-state index contributed by atoms with van der Waals surface area (Å²) in [4.78, 5) is 2.23. The molecule has 10 nitrogen and oxygen atoms in total. The minimum Gasteiger partial charge on any atom is -0.370 e. The van der Waals surface area contributed by atoms with E-state index in [-0.39, 0.29) is 16.3 Å². The fraction of sp³-hybridized carbons (Fsp3) is 0.481. The first-order valence-corrected chi connectivity index (χ1v) is 16.5. The van der Waals surface area contributed by atoms with Crippen LogP contribution in [0.25, 0.3) is 16.9 Å². The number of hydrogen-bond acceptors (Lipinski definition) is 7. The predicted molar refractivity (Wildman–Crippen MR) is 153 cm³/mol. The summed E-state index contributed by atoms with van der Waals surface area (Å²) < 4.78 is 71.9. The standard InChI is InChI=1S/C27H35FN6O4S2/c1-5-39(35,36)30-22-17-24(33-13-11-27(9-10-27)12-14-33)25(16-21(22)28)34-18-23(29-32-34)19-7-6-8-20(15-19)40(37,38)31-26(2,3)4/h6-8,15-18,30-31H,5,9-14H2,1-4H3. The Morgan fingerprint density at radius 1 is 1.00 bits per heavy atom. The topological polar surface area (TPSA) is 126 Å². The highest BCUT2D eigenvalue weighted by molar-refractivity contribution is 7.92. The Balaban J connectivity index is 1.51. The van der Waals surface area contributed by atoms with Crippen molar-refractivity contribution in [2.24, 2.45) is 5.41 Å². The summed E-state index contributed by atoms with van der Waals surface area (Å²) in [6, 6.07) is 9.17. The molecule has 13 heteroatoms. The predicted octanol–water partition coefficient (Wildman–Crippen LogP) is 4.29. The molecule has 40 heavy (non-hydrogen) atoms. The number of piperidine rings is 1.